The van der Waals surface area contributed by atoms with Gasteiger partial charge in [0.15, 0.2) is 0 Å². The van der Waals surface area contributed by atoms with E-state index in [0.717, 1.165) is 12.4 Å². The Hall–Kier alpha value is -0.830. The van der Waals surface area contributed by atoms with Crippen molar-refractivity contribution in [3.63, 3.8) is 0 Å². The molecule has 0 amide bonds. The van der Waals surface area contributed by atoms with E-state index in [9.17, 15) is 0 Å². The van der Waals surface area contributed by atoms with E-state index < -0.39 is 0 Å². The molecule has 14 heavy (non-hydrogen) atoms. The van der Waals surface area contributed by atoms with Crippen LogP contribution in [0.2, 0.25) is 0 Å². The maximum absolute atomic E-state index is 4.21. The number of imidazole rings is 1. The van der Waals surface area contributed by atoms with Gasteiger partial charge in [0, 0.05) is 12.4 Å². The van der Waals surface area contributed by atoms with Gasteiger partial charge in [0.1, 0.15) is 5.82 Å². The minimum absolute atomic E-state index is 0.312. The Labute approximate surface area is 86.3 Å². The van der Waals surface area contributed by atoms with Crippen molar-refractivity contribution in [2.45, 2.75) is 40.2 Å². The number of aromatic amines is 1. The molecule has 0 saturated heterocycles. The third kappa shape index (κ3) is 3.92. The summed E-state index contributed by atoms with van der Waals surface area (Å²) in [6.07, 6.45) is 4.83. The van der Waals surface area contributed by atoms with Crippen LogP contribution in [0.4, 0.5) is 0 Å². The molecular formula is C11H21N3. The molecule has 0 aromatic carbocycles. The zero-order valence-electron chi connectivity index (χ0n) is 9.59. The third-order valence-electron chi connectivity index (χ3n) is 2.26. The van der Waals surface area contributed by atoms with Crippen LogP contribution in [0.15, 0.2) is 12.4 Å². The fourth-order valence-corrected chi connectivity index (χ4v) is 1.27. The molecule has 0 spiro atoms. The lowest BCUT2D eigenvalue weighted by Gasteiger charge is -2.19. The highest BCUT2D eigenvalue weighted by molar-refractivity contribution is 4.93. The zero-order chi connectivity index (χ0) is 10.6. The molecule has 1 unspecified atom stereocenters. The Kier molecular flexibility index (Phi) is 3.69. The van der Waals surface area contributed by atoms with Gasteiger partial charge in [0.2, 0.25) is 0 Å². The maximum atomic E-state index is 4.21. The highest BCUT2D eigenvalue weighted by atomic mass is 15.0. The second-order valence-electron chi connectivity index (χ2n) is 4.96. The fourth-order valence-electron chi connectivity index (χ4n) is 1.27. The average Bonchev–Trinajstić information content (AvgIpc) is 2.53. The Balaban J connectivity index is 2.26. The predicted octanol–water partition coefficient (Wildman–Crippen LogP) is 2.50. The molecule has 1 heterocycles. The zero-order valence-corrected chi connectivity index (χ0v) is 9.59. The fraction of sp³-hybridized carbons (Fsp3) is 0.727. The quantitative estimate of drug-likeness (QED) is 0.775. The monoisotopic (exact) mass is 195 g/mol. The summed E-state index contributed by atoms with van der Waals surface area (Å²) >= 11 is 0. The van der Waals surface area contributed by atoms with Gasteiger partial charge in [-0.3, -0.25) is 0 Å². The number of rotatable bonds is 4. The molecule has 0 aliphatic carbocycles. The summed E-state index contributed by atoms with van der Waals surface area (Å²) < 4.78 is 0. The van der Waals surface area contributed by atoms with Crippen LogP contribution in [0.25, 0.3) is 0 Å². The summed E-state index contributed by atoms with van der Waals surface area (Å²) in [5, 5.41) is 3.45. The molecular weight excluding hydrogens is 174 g/mol. The Morgan fingerprint density at radius 3 is 2.71 bits per heavy atom. The van der Waals surface area contributed by atoms with Crippen molar-refractivity contribution in [2.75, 3.05) is 6.54 Å². The summed E-state index contributed by atoms with van der Waals surface area (Å²) in [6, 6.07) is 0.312. The smallest absolute Gasteiger partial charge is 0.122 e. The molecule has 0 saturated carbocycles. The lowest BCUT2D eigenvalue weighted by Crippen LogP contribution is -2.24. The summed E-state index contributed by atoms with van der Waals surface area (Å²) in [5.74, 6) is 1.01. The number of nitrogens with one attached hydrogen (secondary N) is 2. The minimum atomic E-state index is 0.312. The number of nitrogens with zero attached hydrogens (tertiary/aromatic N) is 1. The second kappa shape index (κ2) is 4.60. The van der Waals surface area contributed by atoms with E-state index in [1.54, 1.807) is 6.20 Å². The highest BCUT2D eigenvalue weighted by Crippen LogP contribution is 2.17. The molecule has 3 heteroatoms. The molecule has 1 atom stereocenters. The SMILES string of the molecule is CC(NCCC(C)(C)C)c1ncc[nH]1. The Bertz CT molecular complexity index is 246. The first-order valence-electron chi connectivity index (χ1n) is 5.22. The average molecular weight is 195 g/mol. The van der Waals surface area contributed by atoms with E-state index in [0.29, 0.717) is 11.5 Å². The molecule has 1 rings (SSSR count). The molecule has 0 fully saturated rings. The van der Waals surface area contributed by atoms with Crippen molar-refractivity contribution in [1.29, 1.82) is 0 Å². The van der Waals surface area contributed by atoms with Gasteiger partial charge < -0.3 is 10.3 Å². The summed E-state index contributed by atoms with van der Waals surface area (Å²) in [7, 11) is 0. The molecule has 1 aromatic rings. The maximum Gasteiger partial charge on any atom is 0.122 e. The van der Waals surface area contributed by atoms with Crippen LogP contribution in [0.5, 0.6) is 0 Å². The summed E-state index contributed by atoms with van der Waals surface area (Å²) in [5.41, 5.74) is 0.399. The topological polar surface area (TPSA) is 40.7 Å². The number of H-pyrrole nitrogens is 1. The van der Waals surface area contributed by atoms with Crippen LogP contribution < -0.4 is 5.32 Å². The number of hydrogen-bond donors (Lipinski definition) is 2. The van der Waals surface area contributed by atoms with Gasteiger partial charge in [-0.1, -0.05) is 20.8 Å². The van der Waals surface area contributed by atoms with E-state index in [4.69, 9.17) is 0 Å². The van der Waals surface area contributed by atoms with Crippen LogP contribution >= 0.6 is 0 Å². The van der Waals surface area contributed by atoms with Crippen LogP contribution in [-0.2, 0) is 0 Å². The predicted molar refractivity (Wildman–Crippen MR) is 59.1 cm³/mol. The number of aromatic nitrogens is 2. The molecule has 0 bridgehead atoms. The molecule has 2 N–H and O–H groups in total. The van der Waals surface area contributed by atoms with Crippen molar-refractivity contribution < 1.29 is 0 Å². The molecule has 1 aromatic heterocycles. The number of hydrogen-bond acceptors (Lipinski definition) is 2. The van der Waals surface area contributed by atoms with E-state index in [1.165, 1.54) is 6.42 Å². The largest absolute Gasteiger partial charge is 0.347 e. The summed E-state index contributed by atoms with van der Waals surface area (Å²) in [4.78, 5) is 7.32. The van der Waals surface area contributed by atoms with Gasteiger partial charge in [0.25, 0.3) is 0 Å². The van der Waals surface area contributed by atoms with Gasteiger partial charge in [-0.15, -0.1) is 0 Å². The lowest BCUT2D eigenvalue weighted by atomic mass is 9.92. The van der Waals surface area contributed by atoms with Gasteiger partial charge in [-0.05, 0) is 25.3 Å². The van der Waals surface area contributed by atoms with Crippen LogP contribution in [-0.4, -0.2) is 16.5 Å². The van der Waals surface area contributed by atoms with Gasteiger partial charge in [-0.2, -0.15) is 0 Å². The van der Waals surface area contributed by atoms with E-state index >= 15 is 0 Å². The van der Waals surface area contributed by atoms with Crippen molar-refractivity contribution in [2.24, 2.45) is 5.41 Å². The molecule has 3 nitrogen and oxygen atoms in total. The van der Waals surface area contributed by atoms with Crippen molar-refractivity contribution >= 4 is 0 Å². The highest BCUT2D eigenvalue weighted by Gasteiger charge is 2.11. The molecule has 0 aliphatic heterocycles. The molecule has 0 aliphatic rings. The van der Waals surface area contributed by atoms with Gasteiger partial charge in [-0.25, -0.2) is 4.98 Å². The van der Waals surface area contributed by atoms with Crippen molar-refractivity contribution in [1.82, 2.24) is 15.3 Å². The summed E-state index contributed by atoms with van der Waals surface area (Å²) in [6.45, 7) is 9.93. The van der Waals surface area contributed by atoms with Crippen LogP contribution in [0, 0.1) is 5.41 Å². The third-order valence-corrected chi connectivity index (χ3v) is 2.26. The Morgan fingerprint density at radius 2 is 2.21 bits per heavy atom. The van der Waals surface area contributed by atoms with Gasteiger partial charge in [0.05, 0.1) is 6.04 Å². The first-order chi connectivity index (χ1) is 6.49. The van der Waals surface area contributed by atoms with Crippen molar-refractivity contribution in [3.05, 3.63) is 18.2 Å². The second-order valence-corrected chi connectivity index (χ2v) is 4.96. The standard InChI is InChI=1S/C11H21N3/c1-9(10-13-7-8-14-10)12-6-5-11(2,3)4/h7-9,12H,5-6H2,1-4H3,(H,13,14). The van der Waals surface area contributed by atoms with Gasteiger partial charge >= 0.3 is 0 Å². The lowest BCUT2D eigenvalue weighted by molar-refractivity contribution is 0.356. The van der Waals surface area contributed by atoms with E-state index in [-0.39, 0.29) is 0 Å². The van der Waals surface area contributed by atoms with E-state index in [2.05, 4.69) is 43.0 Å². The molecule has 80 valence electrons. The van der Waals surface area contributed by atoms with Crippen LogP contribution in [0.1, 0.15) is 46.0 Å². The van der Waals surface area contributed by atoms with E-state index in [1.807, 2.05) is 6.20 Å². The normalized spacial score (nSPS) is 14.3. The minimum Gasteiger partial charge on any atom is -0.347 e. The van der Waals surface area contributed by atoms with Crippen molar-refractivity contribution in [3.8, 4) is 0 Å². The molecule has 0 radical (unpaired) electrons. The van der Waals surface area contributed by atoms with Crippen LogP contribution in [0.3, 0.4) is 0 Å². The Morgan fingerprint density at radius 1 is 1.50 bits per heavy atom. The first-order valence-corrected chi connectivity index (χ1v) is 5.22. The first kappa shape index (κ1) is 11.2.